The Morgan fingerprint density at radius 2 is 2.00 bits per heavy atom. The number of benzene rings is 2. The zero-order valence-corrected chi connectivity index (χ0v) is 14.2. The summed E-state index contributed by atoms with van der Waals surface area (Å²) in [6, 6.07) is 11.9. The summed E-state index contributed by atoms with van der Waals surface area (Å²) in [5, 5.41) is 1.17. The number of H-pyrrole nitrogens is 1. The summed E-state index contributed by atoms with van der Waals surface area (Å²) in [6.07, 6.45) is 5.08. The Balaban J connectivity index is 1.82. The Bertz CT molecular complexity index is 1040. The van der Waals surface area contributed by atoms with E-state index in [0.717, 1.165) is 22.2 Å². The summed E-state index contributed by atoms with van der Waals surface area (Å²) in [7, 11) is 0. The second-order valence-corrected chi connectivity index (χ2v) is 6.29. The SMILES string of the molecule is C/C=C/C(=O)N1Cc2c(cccc2-c2ccc3[nH]cc(C)c3c2)C1=O. The molecular formula is C21H18N2O2. The van der Waals surface area contributed by atoms with Crippen LogP contribution < -0.4 is 0 Å². The van der Waals surface area contributed by atoms with Crippen LogP contribution in [-0.4, -0.2) is 21.7 Å². The summed E-state index contributed by atoms with van der Waals surface area (Å²) in [5.74, 6) is -0.495. The first-order valence-corrected chi connectivity index (χ1v) is 8.28. The molecule has 2 amide bonds. The molecule has 2 heterocycles. The Kier molecular flexibility index (Phi) is 3.53. The van der Waals surface area contributed by atoms with E-state index in [1.807, 2.05) is 18.3 Å². The lowest BCUT2D eigenvalue weighted by molar-refractivity contribution is -0.123. The molecule has 1 aliphatic rings. The molecule has 4 nitrogen and oxygen atoms in total. The van der Waals surface area contributed by atoms with Crippen molar-refractivity contribution in [2.45, 2.75) is 20.4 Å². The van der Waals surface area contributed by atoms with E-state index in [0.29, 0.717) is 12.1 Å². The lowest BCUT2D eigenvalue weighted by Crippen LogP contribution is -2.29. The highest BCUT2D eigenvalue weighted by molar-refractivity contribution is 6.11. The molecule has 0 spiro atoms. The minimum absolute atomic E-state index is 0.223. The molecule has 1 aromatic heterocycles. The van der Waals surface area contributed by atoms with E-state index in [-0.39, 0.29) is 11.8 Å². The standard InChI is InChI=1S/C21H18N2O2/c1-3-5-20(24)23-12-18-15(6-4-7-16(18)21(23)25)14-8-9-19-17(10-14)13(2)11-22-19/h3-11,22H,12H2,1-2H3/b5-3+. The molecule has 0 saturated carbocycles. The molecule has 4 heteroatoms. The van der Waals surface area contributed by atoms with E-state index < -0.39 is 0 Å². The third-order valence-corrected chi connectivity index (χ3v) is 4.74. The Morgan fingerprint density at radius 1 is 1.20 bits per heavy atom. The van der Waals surface area contributed by atoms with Crippen molar-refractivity contribution in [2.24, 2.45) is 0 Å². The average Bonchev–Trinajstić information content (AvgIpc) is 3.16. The quantitative estimate of drug-likeness (QED) is 0.716. The van der Waals surface area contributed by atoms with Crippen LogP contribution in [0.5, 0.6) is 0 Å². The van der Waals surface area contributed by atoms with Crippen LogP contribution in [0.15, 0.2) is 54.7 Å². The third-order valence-electron chi connectivity index (χ3n) is 4.74. The molecule has 1 aliphatic heterocycles. The lowest BCUT2D eigenvalue weighted by Gasteiger charge is -2.11. The number of fused-ring (bicyclic) bond motifs is 2. The molecule has 2 aromatic carbocycles. The average molecular weight is 330 g/mol. The largest absolute Gasteiger partial charge is 0.361 e. The fourth-order valence-electron chi connectivity index (χ4n) is 3.44. The summed E-state index contributed by atoms with van der Waals surface area (Å²) >= 11 is 0. The number of imide groups is 1. The molecule has 3 aromatic rings. The van der Waals surface area contributed by atoms with Crippen LogP contribution in [0.1, 0.15) is 28.4 Å². The number of rotatable bonds is 2. The Morgan fingerprint density at radius 3 is 2.80 bits per heavy atom. The molecule has 25 heavy (non-hydrogen) atoms. The van der Waals surface area contributed by atoms with E-state index in [1.165, 1.54) is 21.9 Å². The van der Waals surface area contributed by atoms with Gasteiger partial charge < -0.3 is 4.98 Å². The number of carbonyl (C=O) groups excluding carboxylic acids is 2. The number of aromatic amines is 1. The highest BCUT2D eigenvalue weighted by Crippen LogP contribution is 2.34. The van der Waals surface area contributed by atoms with Gasteiger partial charge in [0.1, 0.15) is 0 Å². The van der Waals surface area contributed by atoms with Gasteiger partial charge >= 0.3 is 0 Å². The Hall–Kier alpha value is -3.14. The van der Waals surface area contributed by atoms with Gasteiger partial charge in [-0.25, -0.2) is 0 Å². The predicted octanol–water partition coefficient (Wildman–Crippen LogP) is 4.20. The van der Waals surface area contributed by atoms with Gasteiger partial charge in [-0.15, -0.1) is 0 Å². The molecule has 0 saturated heterocycles. The van der Waals surface area contributed by atoms with Crippen LogP contribution in [-0.2, 0) is 11.3 Å². The maximum Gasteiger partial charge on any atom is 0.261 e. The van der Waals surface area contributed by atoms with Crippen molar-refractivity contribution in [3.05, 3.63) is 71.4 Å². The number of allylic oxidation sites excluding steroid dienone is 1. The maximum atomic E-state index is 12.6. The van der Waals surface area contributed by atoms with Crippen molar-refractivity contribution < 1.29 is 9.59 Å². The van der Waals surface area contributed by atoms with Gasteiger partial charge in [0.25, 0.3) is 11.8 Å². The number of nitrogens with zero attached hydrogens (tertiary/aromatic N) is 1. The second-order valence-electron chi connectivity index (χ2n) is 6.29. The van der Waals surface area contributed by atoms with E-state index in [9.17, 15) is 9.59 Å². The molecule has 0 fully saturated rings. The van der Waals surface area contributed by atoms with Crippen LogP contribution >= 0.6 is 0 Å². The van der Waals surface area contributed by atoms with Crippen LogP contribution in [0, 0.1) is 6.92 Å². The number of hydrogen-bond donors (Lipinski definition) is 1. The first-order valence-electron chi connectivity index (χ1n) is 8.28. The van der Waals surface area contributed by atoms with Crippen molar-refractivity contribution in [1.82, 2.24) is 9.88 Å². The zero-order chi connectivity index (χ0) is 17.6. The van der Waals surface area contributed by atoms with Crippen molar-refractivity contribution in [3.63, 3.8) is 0 Å². The number of hydrogen-bond acceptors (Lipinski definition) is 2. The monoisotopic (exact) mass is 330 g/mol. The normalized spacial score (nSPS) is 13.8. The predicted molar refractivity (Wildman–Crippen MR) is 98.2 cm³/mol. The minimum atomic E-state index is -0.272. The highest BCUT2D eigenvalue weighted by atomic mass is 16.2. The lowest BCUT2D eigenvalue weighted by atomic mass is 9.96. The van der Waals surface area contributed by atoms with Crippen molar-refractivity contribution in [2.75, 3.05) is 0 Å². The summed E-state index contributed by atoms with van der Waals surface area (Å²) < 4.78 is 0. The van der Waals surface area contributed by atoms with E-state index in [2.05, 4.69) is 30.1 Å². The molecule has 0 bridgehead atoms. The first kappa shape index (κ1) is 15.4. The molecule has 0 atom stereocenters. The number of aromatic nitrogens is 1. The minimum Gasteiger partial charge on any atom is -0.361 e. The Labute approximate surface area is 145 Å². The van der Waals surface area contributed by atoms with Gasteiger partial charge in [-0.3, -0.25) is 14.5 Å². The van der Waals surface area contributed by atoms with Gasteiger partial charge in [0, 0.05) is 22.7 Å². The second kappa shape index (κ2) is 5.74. The van der Waals surface area contributed by atoms with Crippen molar-refractivity contribution in [1.29, 1.82) is 0 Å². The summed E-state index contributed by atoms with van der Waals surface area (Å²) in [6.45, 7) is 4.15. The van der Waals surface area contributed by atoms with Crippen LogP contribution in [0.25, 0.3) is 22.0 Å². The van der Waals surface area contributed by atoms with Gasteiger partial charge in [-0.05, 0) is 60.4 Å². The number of amides is 2. The number of aryl methyl sites for hydroxylation is 1. The molecule has 4 rings (SSSR count). The van der Waals surface area contributed by atoms with Crippen LogP contribution in [0.2, 0.25) is 0 Å². The van der Waals surface area contributed by atoms with Crippen LogP contribution in [0.3, 0.4) is 0 Å². The summed E-state index contributed by atoms with van der Waals surface area (Å²) in [4.78, 5) is 29.3. The van der Waals surface area contributed by atoms with Crippen molar-refractivity contribution >= 4 is 22.7 Å². The maximum absolute atomic E-state index is 12.6. The topological polar surface area (TPSA) is 53.2 Å². The van der Waals surface area contributed by atoms with E-state index >= 15 is 0 Å². The third kappa shape index (κ3) is 2.38. The van der Waals surface area contributed by atoms with Gasteiger partial charge in [0.15, 0.2) is 0 Å². The molecule has 124 valence electrons. The van der Waals surface area contributed by atoms with E-state index in [4.69, 9.17) is 0 Å². The summed E-state index contributed by atoms with van der Waals surface area (Å²) in [5.41, 5.74) is 5.86. The fraction of sp³-hybridized carbons (Fsp3) is 0.143. The fourth-order valence-corrected chi connectivity index (χ4v) is 3.44. The van der Waals surface area contributed by atoms with Crippen LogP contribution in [0.4, 0.5) is 0 Å². The molecular weight excluding hydrogens is 312 g/mol. The highest BCUT2D eigenvalue weighted by Gasteiger charge is 2.32. The molecule has 0 radical (unpaired) electrons. The first-order chi connectivity index (χ1) is 12.1. The van der Waals surface area contributed by atoms with E-state index in [1.54, 1.807) is 19.1 Å². The molecule has 1 N–H and O–H groups in total. The van der Waals surface area contributed by atoms with Gasteiger partial charge in [-0.2, -0.15) is 0 Å². The molecule has 0 unspecified atom stereocenters. The smallest absolute Gasteiger partial charge is 0.261 e. The van der Waals surface area contributed by atoms with Gasteiger partial charge in [0.05, 0.1) is 6.54 Å². The van der Waals surface area contributed by atoms with Gasteiger partial charge in [-0.1, -0.05) is 24.3 Å². The number of nitrogens with one attached hydrogen (secondary N) is 1. The zero-order valence-electron chi connectivity index (χ0n) is 14.2. The van der Waals surface area contributed by atoms with Crippen molar-refractivity contribution in [3.8, 4) is 11.1 Å². The van der Waals surface area contributed by atoms with Gasteiger partial charge in [0.2, 0.25) is 0 Å². The number of carbonyl (C=O) groups is 2. The molecule has 0 aliphatic carbocycles.